The van der Waals surface area contributed by atoms with Gasteiger partial charge in [0.25, 0.3) is 5.91 Å². The molecule has 1 unspecified atom stereocenters. The van der Waals surface area contributed by atoms with E-state index in [1.54, 1.807) is 30.3 Å². The van der Waals surface area contributed by atoms with Crippen molar-refractivity contribution in [2.24, 2.45) is 5.92 Å². The highest BCUT2D eigenvalue weighted by atomic mass is 16.5. The molecular weight excluding hydrogens is 404 g/mol. The van der Waals surface area contributed by atoms with Crippen LogP contribution in [0, 0.1) is 5.92 Å². The molecule has 158 valence electrons. The quantitative estimate of drug-likeness (QED) is 0.258. The molecule has 2 aliphatic heterocycles. The van der Waals surface area contributed by atoms with E-state index in [0.717, 1.165) is 4.90 Å². The van der Waals surface area contributed by atoms with E-state index in [1.807, 2.05) is 0 Å². The van der Waals surface area contributed by atoms with Gasteiger partial charge in [-0.1, -0.05) is 18.2 Å². The summed E-state index contributed by atoms with van der Waals surface area (Å²) in [7, 11) is 2.99. The van der Waals surface area contributed by atoms with E-state index in [2.05, 4.69) is 5.32 Å². The van der Waals surface area contributed by atoms with Crippen LogP contribution in [0.1, 0.15) is 15.9 Å². The third-order valence-electron chi connectivity index (χ3n) is 5.01. The van der Waals surface area contributed by atoms with Crippen LogP contribution in [0.3, 0.4) is 0 Å². The van der Waals surface area contributed by atoms with Crippen LogP contribution in [0.15, 0.2) is 48.2 Å². The molecule has 1 N–H and O–H groups in total. The van der Waals surface area contributed by atoms with Crippen LogP contribution >= 0.6 is 0 Å². The number of methoxy groups -OCH3 is 2. The number of hydrogen-bond donors (Lipinski definition) is 1. The normalized spacial score (nSPS) is 19.2. The number of para-hydroxylation sites is 1. The number of ketones is 1. The number of imide groups is 1. The molecule has 9 heteroatoms. The fourth-order valence-electron chi connectivity index (χ4n) is 3.42. The lowest BCUT2D eigenvalue weighted by Crippen LogP contribution is -2.44. The molecule has 2 aliphatic rings. The molecular formula is C22H18N2O7. The van der Waals surface area contributed by atoms with Crippen molar-refractivity contribution in [3.8, 4) is 17.2 Å². The van der Waals surface area contributed by atoms with Gasteiger partial charge in [-0.15, -0.1) is 0 Å². The molecule has 4 rings (SSSR count). The highest BCUT2D eigenvalue weighted by molar-refractivity contribution is 6.17. The molecule has 31 heavy (non-hydrogen) atoms. The Morgan fingerprint density at radius 3 is 2.52 bits per heavy atom. The van der Waals surface area contributed by atoms with E-state index >= 15 is 0 Å². The van der Waals surface area contributed by atoms with Crippen molar-refractivity contribution in [1.29, 1.82) is 0 Å². The van der Waals surface area contributed by atoms with Gasteiger partial charge in [-0.05, 0) is 35.9 Å². The van der Waals surface area contributed by atoms with Gasteiger partial charge >= 0.3 is 12.0 Å². The number of ether oxygens (including phenoxy) is 3. The number of fused-ring (bicyclic) bond motifs is 1. The minimum Gasteiger partial charge on any atom is -0.493 e. The van der Waals surface area contributed by atoms with Crippen molar-refractivity contribution in [2.45, 2.75) is 0 Å². The van der Waals surface area contributed by atoms with Crippen LogP contribution < -0.4 is 19.5 Å². The van der Waals surface area contributed by atoms with E-state index in [1.165, 1.54) is 32.4 Å². The lowest BCUT2D eigenvalue weighted by atomic mass is 9.94. The standard InChI is InChI=1S/C22H18N2O7/c1-29-17-8-7-12(10-18(17)30-2)9-15-20(26)24(22(28)23-15)11-14-19(25)13-5-3-4-6-16(13)31-21(14)27/h3-10,14H,11H2,1-2H3,(H,23,28). The topological polar surface area (TPSA) is 111 Å². The van der Waals surface area contributed by atoms with Gasteiger partial charge in [-0.25, -0.2) is 4.79 Å². The smallest absolute Gasteiger partial charge is 0.329 e. The molecule has 1 fully saturated rings. The summed E-state index contributed by atoms with van der Waals surface area (Å²) in [6.45, 7) is -0.417. The molecule has 0 bridgehead atoms. The zero-order chi connectivity index (χ0) is 22.1. The highest BCUT2D eigenvalue weighted by Crippen LogP contribution is 2.30. The average Bonchev–Trinajstić information content (AvgIpc) is 3.03. The van der Waals surface area contributed by atoms with Crippen molar-refractivity contribution in [3.05, 3.63) is 59.3 Å². The minimum absolute atomic E-state index is 0.00856. The van der Waals surface area contributed by atoms with Gasteiger partial charge < -0.3 is 19.5 Å². The second-order valence-electron chi connectivity index (χ2n) is 6.85. The van der Waals surface area contributed by atoms with Gasteiger partial charge in [-0.2, -0.15) is 0 Å². The van der Waals surface area contributed by atoms with Crippen molar-refractivity contribution in [3.63, 3.8) is 0 Å². The number of benzene rings is 2. The van der Waals surface area contributed by atoms with E-state index in [9.17, 15) is 19.2 Å². The molecule has 9 nitrogen and oxygen atoms in total. The molecule has 0 saturated carbocycles. The van der Waals surface area contributed by atoms with Gasteiger partial charge in [0.15, 0.2) is 17.3 Å². The van der Waals surface area contributed by atoms with Crippen molar-refractivity contribution in [1.82, 2.24) is 10.2 Å². The predicted molar refractivity (Wildman–Crippen MR) is 108 cm³/mol. The lowest BCUT2D eigenvalue weighted by molar-refractivity contribution is -0.138. The van der Waals surface area contributed by atoms with Crippen LogP contribution in [-0.2, 0) is 9.59 Å². The lowest BCUT2D eigenvalue weighted by Gasteiger charge is -2.24. The van der Waals surface area contributed by atoms with Crippen LogP contribution in [0.4, 0.5) is 4.79 Å². The Balaban J connectivity index is 1.56. The Kier molecular flexibility index (Phi) is 5.16. The maximum Gasteiger partial charge on any atom is 0.329 e. The van der Waals surface area contributed by atoms with Gasteiger partial charge in [-0.3, -0.25) is 19.3 Å². The second kappa shape index (κ2) is 7.94. The summed E-state index contributed by atoms with van der Waals surface area (Å²) in [5, 5.41) is 2.47. The Morgan fingerprint density at radius 2 is 1.77 bits per heavy atom. The number of urea groups is 1. The maximum atomic E-state index is 12.8. The number of nitrogens with zero attached hydrogens (tertiary/aromatic N) is 1. The summed E-state index contributed by atoms with van der Waals surface area (Å²) >= 11 is 0. The predicted octanol–water partition coefficient (Wildman–Crippen LogP) is 2.01. The number of rotatable bonds is 5. The zero-order valence-electron chi connectivity index (χ0n) is 16.7. The molecule has 1 saturated heterocycles. The average molecular weight is 422 g/mol. The number of hydrogen-bond acceptors (Lipinski definition) is 7. The van der Waals surface area contributed by atoms with Crippen molar-refractivity contribution in [2.75, 3.05) is 20.8 Å². The van der Waals surface area contributed by atoms with Crippen LogP contribution in [0.2, 0.25) is 0 Å². The second-order valence-corrected chi connectivity index (χ2v) is 6.85. The Hall–Kier alpha value is -4.14. The first kappa shape index (κ1) is 20.1. The highest BCUT2D eigenvalue weighted by Gasteiger charge is 2.42. The molecule has 2 aromatic carbocycles. The van der Waals surface area contributed by atoms with Gasteiger partial charge in [0.1, 0.15) is 17.4 Å². The Labute approximate surface area is 177 Å². The summed E-state index contributed by atoms with van der Waals surface area (Å²) in [5.74, 6) is -2.10. The fourth-order valence-corrected chi connectivity index (χ4v) is 3.42. The molecule has 2 heterocycles. The summed E-state index contributed by atoms with van der Waals surface area (Å²) in [6, 6.07) is 10.6. The van der Waals surface area contributed by atoms with Gasteiger partial charge in [0, 0.05) is 0 Å². The summed E-state index contributed by atoms with van der Waals surface area (Å²) in [4.78, 5) is 51.0. The molecule has 3 amide bonds. The van der Waals surface area contributed by atoms with E-state index < -0.39 is 36.2 Å². The van der Waals surface area contributed by atoms with E-state index in [-0.39, 0.29) is 17.0 Å². The SMILES string of the molecule is COc1ccc(C=C2NC(=O)N(CC3C(=O)Oc4ccccc4C3=O)C2=O)cc1OC. The summed E-state index contributed by atoms with van der Waals surface area (Å²) in [6.07, 6.45) is 1.47. The third kappa shape index (κ3) is 3.61. The summed E-state index contributed by atoms with van der Waals surface area (Å²) < 4.78 is 15.6. The minimum atomic E-state index is -1.29. The number of Topliss-reactive ketones (excluding diaryl/α,β-unsaturated/α-hetero) is 1. The van der Waals surface area contributed by atoms with E-state index in [4.69, 9.17) is 14.2 Å². The molecule has 0 aromatic heterocycles. The van der Waals surface area contributed by atoms with Crippen molar-refractivity contribution < 1.29 is 33.4 Å². The van der Waals surface area contributed by atoms with Gasteiger partial charge in [0.05, 0.1) is 26.3 Å². The number of carbonyl (C=O) groups excluding carboxylic acids is 4. The first-order chi connectivity index (χ1) is 14.9. The first-order valence-electron chi connectivity index (χ1n) is 9.34. The third-order valence-corrected chi connectivity index (χ3v) is 5.01. The fraction of sp³-hybridized carbons (Fsp3) is 0.182. The number of nitrogens with one attached hydrogen (secondary N) is 1. The summed E-state index contributed by atoms with van der Waals surface area (Å²) in [5.41, 5.74) is 0.833. The monoisotopic (exact) mass is 422 g/mol. The number of carbonyl (C=O) groups is 4. The van der Waals surface area contributed by atoms with Crippen LogP contribution in [0.25, 0.3) is 6.08 Å². The molecule has 2 aromatic rings. The first-order valence-corrected chi connectivity index (χ1v) is 9.34. The zero-order valence-corrected chi connectivity index (χ0v) is 16.7. The largest absolute Gasteiger partial charge is 0.493 e. The molecule has 1 atom stereocenters. The Bertz CT molecular complexity index is 1140. The maximum absolute atomic E-state index is 12.8. The van der Waals surface area contributed by atoms with Crippen molar-refractivity contribution >= 4 is 29.8 Å². The van der Waals surface area contributed by atoms with Crippen LogP contribution in [0.5, 0.6) is 17.2 Å². The van der Waals surface area contributed by atoms with Crippen LogP contribution in [-0.4, -0.2) is 49.4 Å². The molecule has 0 aliphatic carbocycles. The molecule has 0 radical (unpaired) electrons. The van der Waals surface area contributed by atoms with E-state index in [0.29, 0.717) is 17.1 Å². The Morgan fingerprint density at radius 1 is 1.03 bits per heavy atom. The molecule has 0 spiro atoms. The number of esters is 1. The number of amides is 3. The van der Waals surface area contributed by atoms with Gasteiger partial charge in [0.2, 0.25) is 0 Å².